The molecule has 5 nitrogen and oxygen atoms in total. The molecule has 0 amide bonds. The van der Waals surface area contributed by atoms with Gasteiger partial charge in [-0.3, -0.25) is 0 Å². The number of ether oxygens (including phenoxy) is 1. The molecule has 2 aromatic carbocycles. The standard InChI is InChI=1S/C19H16ClFN2O3S/c1-13-2-7-18(17(20)10-13)27(24,25)23-12-14-8-9-22-19(11-14)26-16-5-3-15(21)4-6-16/h2-11,23H,12H2,1H3. The summed E-state index contributed by atoms with van der Waals surface area (Å²) in [5.74, 6) is 0.327. The largest absolute Gasteiger partial charge is 0.439 e. The summed E-state index contributed by atoms with van der Waals surface area (Å²) >= 11 is 6.05. The Morgan fingerprint density at radius 1 is 1.11 bits per heavy atom. The smallest absolute Gasteiger partial charge is 0.242 e. The number of benzene rings is 2. The lowest BCUT2D eigenvalue weighted by atomic mass is 10.2. The van der Waals surface area contributed by atoms with Crippen LogP contribution in [-0.4, -0.2) is 13.4 Å². The molecule has 0 aliphatic rings. The Labute approximate surface area is 161 Å². The maximum absolute atomic E-state index is 12.9. The number of pyridine rings is 1. The minimum absolute atomic E-state index is 0.0200. The Hall–Kier alpha value is -2.48. The van der Waals surface area contributed by atoms with Crippen molar-refractivity contribution in [3.05, 3.63) is 82.8 Å². The van der Waals surface area contributed by atoms with Crippen molar-refractivity contribution < 1.29 is 17.5 Å². The van der Waals surface area contributed by atoms with Crippen LogP contribution in [0.25, 0.3) is 0 Å². The Kier molecular flexibility index (Phi) is 5.74. The van der Waals surface area contributed by atoms with E-state index in [0.29, 0.717) is 11.3 Å². The topological polar surface area (TPSA) is 68.3 Å². The van der Waals surface area contributed by atoms with Crippen molar-refractivity contribution in [1.82, 2.24) is 9.71 Å². The zero-order valence-corrected chi connectivity index (χ0v) is 15.9. The number of hydrogen-bond acceptors (Lipinski definition) is 4. The number of nitrogens with zero attached hydrogens (tertiary/aromatic N) is 1. The number of aromatic nitrogens is 1. The van der Waals surface area contributed by atoms with Crippen molar-refractivity contribution in [3.8, 4) is 11.6 Å². The van der Waals surface area contributed by atoms with Gasteiger partial charge in [-0.25, -0.2) is 22.5 Å². The molecule has 0 atom stereocenters. The molecule has 1 aromatic heterocycles. The van der Waals surface area contributed by atoms with Crippen molar-refractivity contribution >= 4 is 21.6 Å². The summed E-state index contributed by atoms with van der Waals surface area (Å²) < 4.78 is 45.9. The van der Waals surface area contributed by atoms with Gasteiger partial charge in [0.1, 0.15) is 16.5 Å². The van der Waals surface area contributed by atoms with Crippen LogP contribution in [0.15, 0.2) is 65.7 Å². The molecule has 1 heterocycles. The van der Waals surface area contributed by atoms with Gasteiger partial charge in [-0.1, -0.05) is 17.7 Å². The predicted molar refractivity (Wildman–Crippen MR) is 101 cm³/mol. The third kappa shape index (κ3) is 5.03. The summed E-state index contributed by atoms with van der Waals surface area (Å²) in [5.41, 5.74) is 1.52. The van der Waals surface area contributed by atoms with Gasteiger partial charge in [-0.15, -0.1) is 0 Å². The van der Waals surface area contributed by atoms with E-state index in [1.807, 2.05) is 6.92 Å². The molecule has 0 bridgehead atoms. The molecule has 3 rings (SSSR count). The van der Waals surface area contributed by atoms with Crippen LogP contribution in [0.1, 0.15) is 11.1 Å². The lowest BCUT2D eigenvalue weighted by Gasteiger charge is -2.10. The Balaban J connectivity index is 1.71. The summed E-state index contributed by atoms with van der Waals surface area (Å²) in [6, 6.07) is 13.5. The molecule has 1 N–H and O–H groups in total. The van der Waals surface area contributed by atoms with E-state index in [1.54, 1.807) is 24.3 Å². The van der Waals surface area contributed by atoms with Crippen molar-refractivity contribution in [1.29, 1.82) is 0 Å². The minimum Gasteiger partial charge on any atom is -0.439 e. The highest BCUT2D eigenvalue weighted by atomic mass is 35.5. The molecule has 27 heavy (non-hydrogen) atoms. The van der Waals surface area contributed by atoms with E-state index in [4.69, 9.17) is 16.3 Å². The lowest BCUT2D eigenvalue weighted by molar-refractivity contribution is 0.460. The zero-order chi connectivity index (χ0) is 19.4. The molecule has 0 unspecified atom stereocenters. The van der Waals surface area contributed by atoms with Crippen LogP contribution in [0, 0.1) is 12.7 Å². The van der Waals surface area contributed by atoms with Gasteiger partial charge in [0.15, 0.2) is 0 Å². The van der Waals surface area contributed by atoms with Crippen molar-refractivity contribution in [2.75, 3.05) is 0 Å². The molecule has 0 saturated carbocycles. The summed E-state index contributed by atoms with van der Waals surface area (Å²) in [4.78, 5) is 4.09. The van der Waals surface area contributed by atoms with Gasteiger partial charge in [0.2, 0.25) is 15.9 Å². The van der Waals surface area contributed by atoms with Crippen LogP contribution in [0.4, 0.5) is 4.39 Å². The van der Waals surface area contributed by atoms with E-state index >= 15 is 0 Å². The molecule has 140 valence electrons. The molecule has 0 fully saturated rings. The molecule has 0 aliphatic heterocycles. The maximum Gasteiger partial charge on any atom is 0.242 e. The van der Waals surface area contributed by atoms with Gasteiger partial charge in [0.25, 0.3) is 0 Å². The Bertz CT molecular complexity index is 1060. The molecule has 8 heteroatoms. The van der Waals surface area contributed by atoms with Crippen LogP contribution >= 0.6 is 11.6 Å². The number of nitrogens with one attached hydrogen (secondary N) is 1. The second kappa shape index (κ2) is 8.04. The fraction of sp³-hybridized carbons (Fsp3) is 0.105. The highest BCUT2D eigenvalue weighted by Crippen LogP contribution is 2.23. The van der Waals surface area contributed by atoms with Crippen molar-refractivity contribution in [2.24, 2.45) is 0 Å². The van der Waals surface area contributed by atoms with E-state index in [2.05, 4.69) is 9.71 Å². The molecule has 3 aromatic rings. The Morgan fingerprint density at radius 3 is 2.56 bits per heavy atom. The van der Waals surface area contributed by atoms with Crippen LogP contribution in [0.5, 0.6) is 11.6 Å². The van der Waals surface area contributed by atoms with Gasteiger partial charge in [-0.05, 0) is 60.5 Å². The quantitative estimate of drug-likeness (QED) is 0.656. The zero-order valence-electron chi connectivity index (χ0n) is 14.3. The first-order valence-corrected chi connectivity index (χ1v) is 9.84. The number of hydrogen-bond donors (Lipinski definition) is 1. The highest BCUT2D eigenvalue weighted by Gasteiger charge is 2.17. The lowest BCUT2D eigenvalue weighted by Crippen LogP contribution is -2.23. The van der Waals surface area contributed by atoms with E-state index in [-0.39, 0.29) is 28.2 Å². The fourth-order valence-corrected chi connectivity index (χ4v) is 3.93. The van der Waals surface area contributed by atoms with Crippen LogP contribution < -0.4 is 9.46 Å². The van der Waals surface area contributed by atoms with Crippen LogP contribution in [-0.2, 0) is 16.6 Å². The molecular formula is C19H16ClFN2O3S. The first-order chi connectivity index (χ1) is 12.8. The summed E-state index contributed by atoms with van der Waals surface area (Å²) in [6.45, 7) is 1.87. The average Bonchev–Trinajstić information content (AvgIpc) is 2.62. The van der Waals surface area contributed by atoms with Gasteiger partial charge in [0, 0.05) is 18.8 Å². The first-order valence-electron chi connectivity index (χ1n) is 7.98. The van der Waals surface area contributed by atoms with Crippen molar-refractivity contribution in [3.63, 3.8) is 0 Å². The average molecular weight is 407 g/mol. The minimum atomic E-state index is -3.77. The van der Waals surface area contributed by atoms with Crippen LogP contribution in [0.2, 0.25) is 5.02 Å². The van der Waals surface area contributed by atoms with E-state index in [9.17, 15) is 12.8 Å². The third-order valence-electron chi connectivity index (χ3n) is 3.68. The van der Waals surface area contributed by atoms with Gasteiger partial charge in [0.05, 0.1) is 5.02 Å². The molecule has 0 spiro atoms. The molecule has 0 radical (unpaired) electrons. The number of rotatable bonds is 6. The number of sulfonamides is 1. The molecule has 0 saturated heterocycles. The van der Waals surface area contributed by atoms with Gasteiger partial charge < -0.3 is 4.74 Å². The number of aryl methyl sites for hydroxylation is 1. The van der Waals surface area contributed by atoms with Gasteiger partial charge >= 0.3 is 0 Å². The fourth-order valence-electron chi connectivity index (χ4n) is 2.32. The second-order valence-electron chi connectivity index (χ2n) is 5.82. The third-order valence-corrected chi connectivity index (χ3v) is 5.56. The van der Waals surface area contributed by atoms with Crippen molar-refractivity contribution in [2.45, 2.75) is 18.4 Å². The van der Waals surface area contributed by atoms with Gasteiger partial charge in [-0.2, -0.15) is 0 Å². The van der Waals surface area contributed by atoms with E-state index in [1.165, 1.54) is 36.5 Å². The van der Waals surface area contributed by atoms with Crippen LogP contribution in [0.3, 0.4) is 0 Å². The molecule has 0 aliphatic carbocycles. The monoisotopic (exact) mass is 406 g/mol. The second-order valence-corrected chi connectivity index (χ2v) is 7.96. The summed E-state index contributed by atoms with van der Waals surface area (Å²) in [5, 5.41) is 0.164. The Morgan fingerprint density at radius 2 is 1.85 bits per heavy atom. The predicted octanol–water partition coefficient (Wildman–Crippen LogP) is 4.45. The highest BCUT2D eigenvalue weighted by molar-refractivity contribution is 7.89. The van der Waals surface area contributed by atoms with E-state index < -0.39 is 10.0 Å². The van der Waals surface area contributed by atoms with E-state index in [0.717, 1.165) is 5.56 Å². The first kappa shape index (κ1) is 19.3. The normalized spacial score (nSPS) is 11.4. The maximum atomic E-state index is 12.9. The summed E-state index contributed by atoms with van der Waals surface area (Å²) in [6.07, 6.45) is 1.50. The number of halogens is 2. The summed E-state index contributed by atoms with van der Waals surface area (Å²) in [7, 11) is -3.77. The SMILES string of the molecule is Cc1ccc(S(=O)(=O)NCc2ccnc(Oc3ccc(F)cc3)c2)c(Cl)c1. The molecular weight excluding hydrogens is 391 g/mol.